The molecule has 1 aromatic carbocycles. The van der Waals surface area contributed by atoms with Gasteiger partial charge in [0.2, 0.25) is 0 Å². The maximum absolute atomic E-state index is 10.6. The summed E-state index contributed by atoms with van der Waals surface area (Å²) in [6.45, 7) is 0. The lowest BCUT2D eigenvalue weighted by atomic mass is 10.1. The minimum atomic E-state index is -1.63. The average Bonchev–Trinajstić information content (AvgIpc) is 2.15. The Morgan fingerprint density at radius 2 is 1.62 bits per heavy atom. The summed E-state index contributed by atoms with van der Waals surface area (Å²) in [5.74, 6) is -4.05. The van der Waals surface area contributed by atoms with Crippen molar-refractivity contribution in [2.75, 3.05) is 0 Å². The number of phenols is 1. The molecule has 84 valence electrons. The molecule has 0 aliphatic rings. The molecule has 0 aliphatic carbocycles. The SMILES string of the molecule is O=C(O)c1cc([N+](=O)[O-])c(C(=O)O)cc1O. The number of rotatable bonds is 3. The van der Waals surface area contributed by atoms with Crippen LogP contribution in [0.1, 0.15) is 20.7 Å². The van der Waals surface area contributed by atoms with Crippen LogP contribution in [0.2, 0.25) is 0 Å². The molecular weight excluding hydrogens is 222 g/mol. The molecule has 8 heteroatoms. The predicted molar refractivity (Wildman–Crippen MR) is 48.7 cm³/mol. The molecule has 0 radical (unpaired) electrons. The summed E-state index contributed by atoms with van der Waals surface area (Å²) in [6.07, 6.45) is 0. The van der Waals surface area contributed by atoms with Crippen LogP contribution in [0.4, 0.5) is 5.69 Å². The molecule has 16 heavy (non-hydrogen) atoms. The molecule has 0 bridgehead atoms. The van der Waals surface area contributed by atoms with E-state index in [-0.39, 0.29) is 0 Å². The third kappa shape index (κ3) is 1.90. The second-order valence-electron chi connectivity index (χ2n) is 2.75. The number of carbonyl (C=O) groups is 2. The number of hydrogen-bond donors (Lipinski definition) is 3. The van der Waals surface area contributed by atoms with E-state index in [9.17, 15) is 19.7 Å². The van der Waals surface area contributed by atoms with Crippen LogP contribution in [0, 0.1) is 10.1 Å². The number of benzene rings is 1. The summed E-state index contributed by atoms with van der Waals surface area (Å²) in [5.41, 5.74) is -2.38. The van der Waals surface area contributed by atoms with Crippen molar-refractivity contribution in [1.29, 1.82) is 0 Å². The van der Waals surface area contributed by atoms with E-state index in [1.807, 2.05) is 0 Å². The second-order valence-corrected chi connectivity index (χ2v) is 2.75. The van der Waals surface area contributed by atoms with E-state index in [4.69, 9.17) is 15.3 Å². The molecule has 0 saturated carbocycles. The van der Waals surface area contributed by atoms with E-state index in [1.165, 1.54) is 0 Å². The molecule has 0 aliphatic heterocycles. The van der Waals surface area contributed by atoms with Gasteiger partial charge in [0.1, 0.15) is 16.9 Å². The van der Waals surface area contributed by atoms with Gasteiger partial charge >= 0.3 is 11.9 Å². The Balaban J connectivity index is 3.55. The summed E-state index contributed by atoms with van der Waals surface area (Å²) in [4.78, 5) is 30.6. The van der Waals surface area contributed by atoms with Crippen LogP contribution < -0.4 is 0 Å². The molecule has 1 aromatic rings. The quantitative estimate of drug-likeness (QED) is 0.510. The maximum atomic E-state index is 10.6. The summed E-state index contributed by atoms with van der Waals surface area (Å²) >= 11 is 0. The van der Waals surface area contributed by atoms with Crippen LogP contribution in [0.25, 0.3) is 0 Å². The molecule has 1 rings (SSSR count). The Morgan fingerprint density at radius 1 is 1.12 bits per heavy atom. The van der Waals surface area contributed by atoms with Crippen molar-refractivity contribution in [3.05, 3.63) is 33.4 Å². The fourth-order valence-electron chi connectivity index (χ4n) is 1.07. The molecule has 8 nitrogen and oxygen atoms in total. The fraction of sp³-hybridized carbons (Fsp3) is 0. The van der Waals surface area contributed by atoms with Gasteiger partial charge in [-0.2, -0.15) is 0 Å². The van der Waals surface area contributed by atoms with E-state index in [2.05, 4.69) is 0 Å². The van der Waals surface area contributed by atoms with Crippen molar-refractivity contribution in [2.24, 2.45) is 0 Å². The number of aromatic carboxylic acids is 2. The van der Waals surface area contributed by atoms with Gasteiger partial charge in [0.15, 0.2) is 0 Å². The van der Waals surface area contributed by atoms with Crippen molar-refractivity contribution >= 4 is 17.6 Å². The minimum Gasteiger partial charge on any atom is -0.507 e. The van der Waals surface area contributed by atoms with E-state index in [1.54, 1.807) is 0 Å². The van der Waals surface area contributed by atoms with Crippen molar-refractivity contribution in [1.82, 2.24) is 0 Å². The number of nitro groups is 1. The summed E-state index contributed by atoms with van der Waals surface area (Å²) in [5, 5.41) is 36.8. The maximum Gasteiger partial charge on any atom is 0.342 e. The van der Waals surface area contributed by atoms with Crippen LogP contribution in [0.15, 0.2) is 12.1 Å². The van der Waals surface area contributed by atoms with Crippen molar-refractivity contribution < 1.29 is 29.8 Å². The summed E-state index contributed by atoms with van der Waals surface area (Å²) in [7, 11) is 0. The van der Waals surface area contributed by atoms with Crippen LogP contribution in [0.3, 0.4) is 0 Å². The first-order valence-corrected chi connectivity index (χ1v) is 3.82. The van der Waals surface area contributed by atoms with Crippen LogP contribution in [0.5, 0.6) is 5.75 Å². The molecular formula is C8H5NO7. The first-order valence-electron chi connectivity index (χ1n) is 3.82. The Labute approximate surface area is 87.5 Å². The Hall–Kier alpha value is -2.64. The predicted octanol–water partition coefficient (Wildman–Crippen LogP) is 0.697. The van der Waals surface area contributed by atoms with Gasteiger partial charge in [0, 0.05) is 12.1 Å². The first kappa shape index (κ1) is 11.4. The van der Waals surface area contributed by atoms with Crippen LogP contribution >= 0.6 is 0 Å². The Bertz CT molecular complexity index is 493. The highest BCUT2D eigenvalue weighted by Gasteiger charge is 2.25. The summed E-state index contributed by atoms with van der Waals surface area (Å²) in [6, 6.07) is 1.03. The molecule has 0 unspecified atom stereocenters. The zero-order valence-corrected chi connectivity index (χ0v) is 7.58. The van der Waals surface area contributed by atoms with E-state index in [0.29, 0.717) is 12.1 Å². The highest BCUT2D eigenvalue weighted by atomic mass is 16.6. The van der Waals surface area contributed by atoms with Gasteiger partial charge in [0.05, 0.1) is 4.92 Å². The number of carboxylic acids is 2. The zero-order valence-electron chi connectivity index (χ0n) is 7.58. The lowest BCUT2D eigenvalue weighted by molar-refractivity contribution is -0.385. The van der Waals surface area contributed by atoms with Gasteiger partial charge in [0.25, 0.3) is 5.69 Å². The molecule has 0 heterocycles. The smallest absolute Gasteiger partial charge is 0.342 e. The number of nitro benzene ring substituents is 1. The van der Waals surface area contributed by atoms with Gasteiger partial charge in [-0.3, -0.25) is 10.1 Å². The average molecular weight is 227 g/mol. The highest BCUT2D eigenvalue weighted by Crippen LogP contribution is 2.27. The molecule has 0 amide bonds. The van der Waals surface area contributed by atoms with E-state index < -0.39 is 39.4 Å². The van der Waals surface area contributed by atoms with Crippen molar-refractivity contribution in [3.8, 4) is 5.75 Å². The largest absolute Gasteiger partial charge is 0.507 e. The van der Waals surface area contributed by atoms with Gasteiger partial charge in [-0.25, -0.2) is 9.59 Å². The molecule has 0 fully saturated rings. The molecule has 0 aromatic heterocycles. The molecule has 0 spiro atoms. The number of aromatic hydroxyl groups is 1. The third-order valence-electron chi connectivity index (χ3n) is 1.77. The molecule has 0 atom stereocenters. The number of hydrogen-bond acceptors (Lipinski definition) is 5. The van der Waals surface area contributed by atoms with Crippen LogP contribution in [-0.2, 0) is 0 Å². The van der Waals surface area contributed by atoms with E-state index >= 15 is 0 Å². The van der Waals surface area contributed by atoms with Gasteiger partial charge in [-0.15, -0.1) is 0 Å². The standard InChI is InChI=1S/C8H5NO7/c10-6-2-3(7(11)12)5(9(15)16)1-4(6)8(13)14/h1-2,10H,(H,11,12)(H,13,14). The Morgan fingerprint density at radius 3 is 2.00 bits per heavy atom. The van der Waals surface area contributed by atoms with Crippen molar-refractivity contribution in [2.45, 2.75) is 0 Å². The second kappa shape index (κ2) is 3.85. The lowest BCUT2D eigenvalue weighted by Gasteiger charge is -2.02. The number of nitrogens with zero attached hydrogens (tertiary/aromatic N) is 1. The monoisotopic (exact) mass is 227 g/mol. The Kier molecular flexibility index (Phi) is 2.75. The zero-order chi connectivity index (χ0) is 12.5. The van der Waals surface area contributed by atoms with Crippen molar-refractivity contribution in [3.63, 3.8) is 0 Å². The normalized spacial score (nSPS) is 9.75. The van der Waals surface area contributed by atoms with Crippen LogP contribution in [-0.4, -0.2) is 32.2 Å². The lowest BCUT2D eigenvalue weighted by Crippen LogP contribution is -2.06. The number of carboxylic acid groups (broad SMARTS) is 2. The topological polar surface area (TPSA) is 138 Å². The van der Waals surface area contributed by atoms with E-state index in [0.717, 1.165) is 0 Å². The minimum absolute atomic E-state index is 0.501. The van der Waals surface area contributed by atoms with Gasteiger partial charge < -0.3 is 15.3 Å². The van der Waals surface area contributed by atoms with Gasteiger partial charge in [-0.1, -0.05) is 0 Å². The van der Waals surface area contributed by atoms with Gasteiger partial charge in [-0.05, 0) is 0 Å². The molecule has 0 saturated heterocycles. The fourth-order valence-corrected chi connectivity index (χ4v) is 1.07. The first-order chi connectivity index (χ1) is 7.34. The third-order valence-corrected chi connectivity index (χ3v) is 1.77. The summed E-state index contributed by atoms with van der Waals surface area (Å²) < 4.78 is 0. The highest BCUT2D eigenvalue weighted by molar-refractivity contribution is 5.98. The molecule has 3 N–H and O–H groups in total.